The van der Waals surface area contributed by atoms with Crippen LogP contribution in [0.4, 0.5) is 13.2 Å². The number of rotatable bonds is 3. The highest BCUT2D eigenvalue weighted by Gasteiger charge is 2.31. The summed E-state index contributed by atoms with van der Waals surface area (Å²) in [6.07, 6.45) is -5.21. The van der Waals surface area contributed by atoms with Gasteiger partial charge < -0.3 is 0 Å². The molecule has 0 bridgehead atoms. The molecule has 0 saturated carbocycles. The number of halogens is 4. The molecule has 0 amide bonds. The van der Waals surface area contributed by atoms with Crippen molar-refractivity contribution < 1.29 is 13.2 Å². The van der Waals surface area contributed by atoms with Crippen LogP contribution in [0.25, 0.3) is 0 Å². The fourth-order valence-electron chi connectivity index (χ4n) is 1.41. The second-order valence-electron chi connectivity index (χ2n) is 4.11. The summed E-state index contributed by atoms with van der Waals surface area (Å²) in [5.74, 6) is 0.366. The van der Waals surface area contributed by atoms with Crippen LogP contribution in [-0.4, -0.2) is 6.18 Å². The number of hydrogen-bond donors (Lipinski definition) is 0. The Morgan fingerprint density at radius 1 is 1.06 bits per heavy atom. The molecule has 1 atom stereocenters. The largest absolute Gasteiger partial charge is 0.390 e. The van der Waals surface area contributed by atoms with Gasteiger partial charge in [0.25, 0.3) is 0 Å². The van der Waals surface area contributed by atoms with E-state index in [1.54, 1.807) is 12.1 Å². The second kappa shape index (κ2) is 5.09. The highest BCUT2D eigenvalue weighted by atomic mass is 35.5. The van der Waals surface area contributed by atoms with Crippen LogP contribution in [0.1, 0.15) is 42.7 Å². The van der Waals surface area contributed by atoms with Gasteiger partial charge in [0.1, 0.15) is 0 Å². The zero-order valence-electron chi connectivity index (χ0n) is 9.18. The standard InChI is InChI=1S/C12H14ClF3/c1-8(2)9-3-5-10(6-4-9)11(13)7-12(14,15)16/h3-6,8,11H,7H2,1-2H3. The van der Waals surface area contributed by atoms with E-state index in [0.29, 0.717) is 11.5 Å². The van der Waals surface area contributed by atoms with Crippen LogP contribution in [0, 0.1) is 0 Å². The third kappa shape index (κ3) is 4.05. The van der Waals surface area contributed by atoms with Gasteiger partial charge in [0, 0.05) is 0 Å². The number of benzene rings is 1. The molecule has 0 heterocycles. The molecule has 0 spiro atoms. The lowest BCUT2D eigenvalue weighted by Gasteiger charge is -2.13. The summed E-state index contributed by atoms with van der Waals surface area (Å²) < 4.78 is 36.3. The molecule has 0 aromatic heterocycles. The Bertz CT molecular complexity index is 327. The molecule has 0 aliphatic rings. The first-order chi connectivity index (χ1) is 7.29. The molecule has 0 aliphatic heterocycles. The number of hydrogen-bond acceptors (Lipinski definition) is 0. The minimum Gasteiger partial charge on any atom is -0.171 e. The van der Waals surface area contributed by atoms with Crippen molar-refractivity contribution in [1.29, 1.82) is 0 Å². The van der Waals surface area contributed by atoms with Crippen LogP contribution in [0.15, 0.2) is 24.3 Å². The maximum atomic E-state index is 12.1. The zero-order chi connectivity index (χ0) is 12.3. The van der Waals surface area contributed by atoms with Crippen molar-refractivity contribution in [2.45, 2.75) is 37.7 Å². The third-order valence-electron chi connectivity index (χ3n) is 2.38. The van der Waals surface area contributed by atoms with Gasteiger partial charge in [-0.1, -0.05) is 38.1 Å². The molecule has 1 unspecified atom stereocenters. The quantitative estimate of drug-likeness (QED) is 0.659. The van der Waals surface area contributed by atoms with Gasteiger partial charge in [-0.05, 0) is 17.0 Å². The lowest BCUT2D eigenvalue weighted by atomic mass is 10.00. The first kappa shape index (κ1) is 13.4. The molecule has 1 aromatic rings. The first-order valence-electron chi connectivity index (χ1n) is 5.10. The van der Waals surface area contributed by atoms with Crippen molar-refractivity contribution in [2.75, 3.05) is 0 Å². The van der Waals surface area contributed by atoms with E-state index >= 15 is 0 Å². The molecular formula is C12H14ClF3. The smallest absolute Gasteiger partial charge is 0.171 e. The van der Waals surface area contributed by atoms with Crippen LogP contribution in [0.3, 0.4) is 0 Å². The summed E-state index contributed by atoms with van der Waals surface area (Å²) in [6, 6.07) is 6.98. The summed E-state index contributed by atoms with van der Waals surface area (Å²) in [6.45, 7) is 4.06. The molecule has 0 aliphatic carbocycles. The second-order valence-corrected chi connectivity index (χ2v) is 4.64. The van der Waals surface area contributed by atoms with Crippen molar-refractivity contribution in [1.82, 2.24) is 0 Å². The maximum Gasteiger partial charge on any atom is 0.390 e. The van der Waals surface area contributed by atoms with Gasteiger partial charge in [0.2, 0.25) is 0 Å². The Hall–Kier alpha value is -0.700. The average Bonchev–Trinajstić information content (AvgIpc) is 2.15. The van der Waals surface area contributed by atoms with Crippen molar-refractivity contribution in [3.8, 4) is 0 Å². The minimum atomic E-state index is -4.22. The molecule has 1 aromatic carbocycles. The van der Waals surface area contributed by atoms with Crippen molar-refractivity contribution in [3.05, 3.63) is 35.4 Å². The van der Waals surface area contributed by atoms with Gasteiger partial charge in [0.15, 0.2) is 0 Å². The average molecular weight is 251 g/mol. The van der Waals surface area contributed by atoms with Gasteiger partial charge in [-0.25, -0.2) is 0 Å². The van der Waals surface area contributed by atoms with Gasteiger partial charge in [0.05, 0.1) is 11.8 Å². The van der Waals surface area contributed by atoms with Crippen LogP contribution in [0.5, 0.6) is 0 Å². The SMILES string of the molecule is CC(C)c1ccc(C(Cl)CC(F)(F)F)cc1. The summed E-state index contributed by atoms with van der Waals surface area (Å²) >= 11 is 5.70. The minimum absolute atomic E-state index is 0.366. The molecule has 1 rings (SSSR count). The Labute approximate surface area is 98.4 Å². The Balaban J connectivity index is 2.74. The molecule has 4 heteroatoms. The Morgan fingerprint density at radius 2 is 1.50 bits per heavy atom. The number of alkyl halides is 4. The normalized spacial score (nSPS) is 14.2. The Morgan fingerprint density at radius 3 is 1.88 bits per heavy atom. The van der Waals surface area contributed by atoms with Crippen LogP contribution >= 0.6 is 11.6 Å². The van der Waals surface area contributed by atoms with Crippen LogP contribution < -0.4 is 0 Å². The van der Waals surface area contributed by atoms with Crippen molar-refractivity contribution in [2.24, 2.45) is 0 Å². The molecule has 0 fully saturated rings. The van der Waals surface area contributed by atoms with E-state index < -0.39 is 18.0 Å². The van der Waals surface area contributed by atoms with Gasteiger partial charge >= 0.3 is 6.18 Å². The van der Waals surface area contributed by atoms with Crippen molar-refractivity contribution >= 4 is 11.6 Å². The predicted molar refractivity (Wildman–Crippen MR) is 59.8 cm³/mol. The summed E-state index contributed by atoms with van der Waals surface area (Å²) in [5.41, 5.74) is 1.61. The zero-order valence-corrected chi connectivity index (χ0v) is 9.94. The topological polar surface area (TPSA) is 0 Å². The van der Waals surface area contributed by atoms with E-state index in [4.69, 9.17) is 11.6 Å². The fourth-order valence-corrected chi connectivity index (χ4v) is 1.73. The summed E-state index contributed by atoms with van der Waals surface area (Å²) in [5, 5.41) is -0.999. The van der Waals surface area contributed by atoms with Gasteiger partial charge in [-0.2, -0.15) is 13.2 Å². The fraction of sp³-hybridized carbons (Fsp3) is 0.500. The van der Waals surface area contributed by atoms with Gasteiger partial charge in [-0.15, -0.1) is 11.6 Å². The summed E-state index contributed by atoms with van der Waals surface area (Å²) in [7, 11) is 0. The van der Waals surface area contributed by atoms with E-state index in [1.807, 2.05) is 26.0 Å². The summed E-state index contributed by atoms with van der Waals surface area (Å²) in [4.78, 5) is 0. The highest BCUT2D eigenvalue weighted by molar-refractivity contribution is 6.20. The molecule has 0 N–H and O–H groups in total. The van der Waals surface area contributed by atoms with E-state index in [2.05, 4.69) is 0 Å². The maximum absolute atomic E-state index is 12.1. The predicted octanol–water partition coefficient (Wildman–Crippen LogP) is 5.04. The molecule has 0 saturated heterocycles. The lowest BCUT2D eigenvalue weighted by molar-refractivity contribution is -0.134. The van der Waals surface area contributed by atoms with E-state index in [1.165, 1.54) is 0 Å². The molecule has 16 heavy (non-hydrogen) atoms. The molecule has 90 valence electrons. The van der Waals surface area contributed by atoms with Gasteiger partial charge in [-0.3, -0.25) is 0 Å². The highest BCUT2D eigenvalue weighted by Crippen LogP contribution is 2.34. The van der Waals surface area contributed by atoms with Crippen LogP contribution in [-0.2, 0) is 0 Å². The van der Waals surface area contributed by atoms with E-state index in [9.17, 15) is 13.2 Å². The third-order valence-corrected chi connectivity index (χ3v) is 2.78. The molecule has 0 nitrogen and oxygen atoms in total. The van der Waals surface area contributed by atoms with E-state index in [-0.39, 0.29) is 0 Å². The monoisotopic (exact) mass is 250 g/mol. The Kier molecular flexibility index (Phi) is 4.25. The first-order valence-corrected chi connectivity index (χ1v) is 5.54. The lowest BCUT2D eigenvalue weighted by Crippen LogP contribution is -2.10. The molecular weight excluding hydrogens is 237 g/mol. The van der Waals surface area contributed by atoms with Crippen molar-refractivity contribution in [3.63, 3.8) is 0 Å². The van der Waals surface area contributed by atoms with E-state index in [0.717, 1.165) is 5.56 Å². The van der Waals surface area contributed by atoms with Crippen LogP contribution in [0.2, 0.25) is 0 Å². The molecule has 0 radical (unpaired) electrons.